The van der Waals surface area contributed by atoms with Gasteiger partial charge in [0.1, 0.15) is 0 Å². The Morgan fingerprint density at radius 3 is 2.27 bits per heavy atom. The summed E-state index contributed by atoms with van der Waals surface area (Å²) in [4.78, 5) is 8.75. The molecule has 0 aliphatic rings. The van der Waals surface area contributed by atoms with E-state index in [4.69, 9.17) is 4.89 Å². The molecule has 0 fully saturated rings. The Kier molecular flexibility index (Phi) is 4.95. The molecule has 11 heavy (non-hydrogen) atoms. The van der Waals surface area contributed by atoms with Gasteiger partial charge in [0.05, 0.1) is 0 Å². The maximum absolute atomic E-state index is 10.6. The summed E-state index contributed by atoms with van der Waals surface area (Å²) in [6.45, 7) is 1.83. The summed E-state index contributed by atoms with van der Waals surface area (Å²) in [5.74, 6) is 0. The van der Waals surface area contributed by atoms with Crippen molar-refractivity contribution in [3.05, 3.63) is 29.8 Å². The second-order valence-corrected chi connectivity index (χ2v) is 3.27. The first-order chi connectivity index (χ1) is 4.72. The number of benzene rings is 1. The Bertz CT molecular complexity index is 262. The van der Waals surface area contributed by atoms with E-state index in [9.17, 15) is 4.57 Å². The zero-order valence-corrected chi connectivity index (χ0v) is 8.73. The summed E-state index contributed by atoms with van der Waals surface area (Å²) in [5.41, 5.74) is 0.883. The van der Waals surface area contributed by atoms with Crippen molar-refractivity contribution < 1.29 is 31.2 Å². The van der Waals surface area contributed by atoms with Gasteiger partial charge in [-0.2, -0.15) is 0 Å². The van der Waals surface area contributed by atoms with Crippen molar-refractivity contribution in [2.75, 3.05) is 0 Å². The quantitative estimate of drug-likeness (QED) is 0.549. The maximum Gasteiger partial charge on any atom is 0.218 e. The molecule has 58 valence electrons. The molecule has 0 amide bonds. The Labute approximate surface area is 81.4 Å². The molecule has 0 saturated heterocycles. The third-order valence-corrected chi connectivity index (χ3v) is 2.40. The molecule has 0 bridgehead atoms. The van der Waals surface area contributed by atoms with Gasteiger partial charge in [-0.15, -0.1) is 0 Å². The molecule has 1 N–H and O–H groups in total. The number of rotatable bonds is 1. The van der Waals surface area contributed by atoms with Crippen molar-refractivity contribution in [2.24, 2.45) is 0 Å². The van der Waals surface area contributed by atoms with Crippen LogP contribution in [0.3, 0.4) is 0 Å². The van der Waals surface area contributed by atoms with Crippen LogP contribution in [0, 0.1) is 6.92 Å². The van der Waals surface area contributed by atoms with Gasteiger partial charge in [0.25, 0.3) is 0 Å². The van der Waals surface area contributed by atoms with Gasteiger partial charge in [0.2, 0.25) is 8.03 Å². The van der Waals surface area contributed by atoms with Gasteiger partial charge in [0.15, 0.2) is 0 Å². The average molecular weight is 204 g/mol. The van der Waals surface area contributed by atoms with Gasteiger partial charge in [0, 0.05) is 27.0 Å². The predicted octanol–water partition coefficient (Wildman–Crippen LogP) is 1.08. The van der Waals surface area contributed by atoms with Crippen LogP contribution < -0.4 is 5.30 Å². The van der Waals surface area contributed by atoms with Gasteiger partial charge in [-0.25, -0.2) is 0 Å². The molecule has 1 rings (SSSR count). The van der Waals surface area contributed by atoms with Crippen molar-refractivity contribution in [2.45, 2.75) is 6.92 Å². The molecule has 0 heterocycles. The van der Waals surface area contributed by atoms with Crippen molar-refractivity contribution in [1.82, 2.24) is 0 Å². The first kappa shape index (κ1) is 11.1. The molecule has 0 aliphatic carbocycles. The van der Waals surface area contributed by atoms with Gasteiger partial charge in [-0.05, 0) is 18.6 Å². The van der Waals surface area contributed by atoms with Crippen molar-refractivity contribution >= 4 is 13.3 Å². The molecular weight excluding hydrogens is 195 g/mol. The van der Waals surface area contributed by atoms with E-state index in [-0.39, 0.29) is 21.7 Å². The summed E-state index contributed by atoms with van der Waals surface area (Å²) in [5, 5.41) is 0.563. The minimum absolute atomic E-state index is 0. The molecule has 1 atom stereocenters. The molecule has 1 aromatic carbocycles. The summed E-state index contributed by atoms with van der Waals surface area (Å²) in [7, 11) is -2.49. The van der Waals surface area contributed by atoms with E-state index in [0.717, 1.165) is 5.56 Å². The van der Waals surface area contributed by atoms with Crippen molar-refractivity contribution in [1.29, 1.82) is 0 Å². The average Bonchev–Trinajstić information content (AvgIpc) is 1.88. The van der Waals surface area contributed by atoms with Gasteiger partial charge >= 0.3 is 0 Å². The first-order valence-electron chi connectivity index (χ1n) is 3.01. The number of hydrogen-bond donors (Lipinski definition) is 1. The molecule has 0 spiro atoms. The van der Waals surface area contributed by atoms with Crippen LogP contribution in [0.4, 0.5) is 0 Å². The summed E-state index contributed by atoms with van der Waals surface area (Å²) in [6.07, 6.45) is 0. The standard InChI is InChI=1S/C7H9O2P.Ti/c1-6-4-2-3-5-7(6)10(8)9;/h2-5,10H,1H3,(H,8,9);. The molecule has 0 aromatic heterocycles. The molecule has 2 nitrogen and oxygen atoms in total. The monoisotopic (exact) mass is 204 g/mol. The fourth-order valence-electron chi connectivity index (χ4n) is 0.813. The molecule has 0 aliphatic heterocycles. The smallest absolute Gasteiger partial charge is 0.218 e. The van der Waals surface area contributed by atoms with E-state index in [1.54, 1.807) is 12.1 Å². The summed E-state index contributed by atoms with van der Waals surface area (Å²) >= 11 is 0. The van der Waals surface area contributed by atoms with Crippen LogP contribution in [0.2, 0.25) is 0 Å². The van der Waals surface area contributed by atoms with E-state index >= 15 is 0 Å². The molecule has 1 unspecified atom stereocenters. The Balaban J connectivity index is 0.000001000. The maximum atomic E-state index is 10.6. The van der Waals surface area contributed by atoms with Gasteiger partial charge in [-0.1, -0.05) is 18.2 Å². The summed E-state index contributed by atoms with van der Waals surface area (Å²) < 4.78 is 10.6. The molecule has 4 heteroatoms. The van der Waals surface area contributed by atoms with E-state index in [1.807, 2.05) is 19.1 Å². The predicted molar refractivity (Wildman–Crippen MR) is 42.0 cm³/mol. The number of aryl methyl sites for hydroxylation is 1. The fourth-order valence-corrected chi connectivity index (χ4v) is 1.47. The van der Waals surface area contributed by atoms with Crippen molar-refractivity contribution in [3.8, 4) is 0 Å². The molecule has 0 radical (unpaired) electrons. The molecular formula is C7H9O2PTi. The van der Waals surface area contributed by atoms with Crippen LogP contribution in [0.1, 0.15) is 5.56 Å². The minimum atomic E-state index is -2.49. The van der Waals surface area contributed by atoms with Crippen molar-refractivity contribution in [3.63, 3.8) is 0 Å². The van der Waals surface area contributed by atoms with Crippen LogP contribution in [-0.4, -0.2) is 4.89 Å². The Morgan fingerprint density at radius 2 is 1.91 bits per heavy atom. The van der Waals surface area contributed by atoms with E-state index < -0.39 is 8.03 Å². The SMILES string of the molecule is Cc1ccccc1[PH](=O)O.[Ti]. The molecule has 1 aromatic rings. The van der Waals surface area contributed by atoms with E-state index in [2.05, 4.69) is 0 Å². The van der Waals surface area contributed by atoms with E-state index in [1.165, 1.54) is 0 Å². The number of hydrogen-bond acceptors (Lipinski definition) is 1. The topological polar surface area (TPSA) is 37.3 Å². The van der Waals surface area contributed by atoms with Crippen LogP contribution in [-0.2, 0) is 26.3 Å². The van der Waals surface area contributed by atoms with Crippen LogP contribution in [0.25, 0.3) is 0 Å². The second-order valence-electron chi connectivity index (χ2n) is 2.12. The second kappa shape index (κ2) is 4.89. The van der Waals surface area contributed by atoms with Crippen LogP contribution in [0.15, 0.2) is 24.3 Å². The summed E-state index contributed by atoms with van der Waals surface area (Å²) in [6, 6.07) is 7.12. The zero-order chi connectivity index (χ0) is 7.56. The Morgan fingerprint density at radius 1 is 1.36 bits per heavy atom. The minimum Gasteiger partial charge on any atom is -0.343 e. The normalized spacial score (nSPS) is 11.8. The van der Waals surface area contributed by atoms with Gasteiger partial charge < -0.3 is 4.89 Å². The molecule has 0 saturated carbocycles. The third-order valence-electron chi connectivity index (χ3n) is 1.38. The Hall–Kier alpha value is 0.124. The zero-order valence-electron chi connectivity index (χ0n) is 6.16. The van der Waals surface area contributed by atoms with Crippen LogP contribution in [0.5, 0.6) is 0 Å². The van der Waals surface area contributed by atoms with E-state index in [0.29, 0.717) is 5.30 Å². The van der Waals surface area contributed by atoms with Crippen LogP contribution >= 0.6 is 8.03 Å². The van der Waals surface area contributed by atoms with Gasteiger partial charge in [-0.3, -0.25) is 4.57 Å². The third kappa shape index (κ3) is 2.92. The first-order valence-corrected chi connectivity index (χ1v) is 4.36. The fraction of sp³-hybridized carbons (Fsp3) is 0.143. The largest absolute Gasteiger partial charge is 0.343 e.